The molecular weight excluding hydrogens is 330 g/mol. The number of nitroso groups, excluding NO2 is 1. The van der Waals surface area contributed by atoms with Crippen LogP contribution in [0.3, 0.4) is 0 Å². The molecule has 0 spiro atoms. The second kappa shape index (κ2) is 6.89. The van der Waals surface area contributed by atoms with Crippen LogP contribution in [0, 0.1) is 30.6 Å². The number of hydrogen-bond donors (Lipinski definition) is 1. The number of rotatable bonds is 4. The molecule has 0 atom stereocenters. The first-order valence-corrected chi connectivity index (χ1v) is 8.15. The topological polar surface area (TPSA) is 80.6 Å². The molecule has 3 rings (SSSR count). The Morgan fingerprint density at radius 3 is 2.42 bits per heavy atom. The second-order valence-electron chi connectivity index (χ2n) is 6.01. The van der Waals surface area contributed by atoms with E-state index in [1.807, 2.05) is 37.6 Å². The Bertz CT molecular complexity index is 1010. The third kappa shape index (κ3) is 2.78. The first kappa shape index (κ1) is 17.5. The molecule has 0 radical (unpaired) electrons. The van der Waals surface area contributed by atoms with E-state index in [0.29, 0.717) is 5.76 Å². The summed E-state index contributed by atoms with van der Waals surface area (Å²) < 4.78 is 7.25. The van der Waals surface area contributed by atoms with Crippen molar-refractivity contribution in [2.45, 2.75) is 27.3 Å². The molecule has 0 aliphatic carbocycles. The van der Waals surface area contributed by atoms with Gasteiger partial charge in [0.15, 0.2) is 0 Å². The Morgan fingerprint density at radius 1 is 1.19 bits per heavy atom. The monoisotopic (exact) mass is 349 g/mol. The van der Waals surface area contributed by atoms with Crippen LogP contribution in [0.4, 0.5) is 0 Å². The molecule has 2 heterocycles. The average Bonchev–Trinajstić information content (AvgIpc) is 3.08. The number of phenolic OH excluding ortho intramolecular Hbond substituents is 1. The molecule has 0 aliphatic heterocycles. The van der Waals surface area contributed by atoms with Crippen molar-refractivity contribution in [2.24, 2.45) is 12.2 Å². The van der Waals surface area contributed by atoms with Crippen LogP contribution < -0.4 is 0 Å². The summed E-state index contributed by atoms with van der Waals surface area (Å²) in [5.74, 6) is 6.91. The minimum absolute atomic E-state index is 0.00632. The highest BCUT2D eigenvalue weighted by Crippen LogP contribution is 2.42. The molecular formula is C20H19N3O3. The van der Waals surface area contributed by atoms with Crippen molar-refractivity contribution in [1.29, 1.82) is 0 Å². The van der Waals surface area contributed by atoms with E-state index in [9.17, 15) is 10.0 Å². The molecule has 1 N–H and O–H groups in total. The Morgan fingerprint density at radius 2 is 1.88 bits per heavy atom. The number of aromatic nitrogens is 2. The van der Waals surface area contributed by atoms with Crippen molar-refractivity contribution < 1.29 is 9.63 Å². The van der Waals surface area contributed by atoms with Crippen molar-refractivity contribution in [3.63, 3.8) is 0 Å². The van der Waals surface area contributed by atoms with E-state index in [1.165, 1.54) is 0 Å². The van der Waals surface area contributed by atoms with Gasteiger partial charge in [0.2, 0.25) is 0 Å². The fourth-order valence-electron chi connectivity index (χ4n) is 3.26. The molecule has 0 unspecified atom stereocenters. The Hall–Kier alpha value is -3.33. The molecule has 0 fully saturated rings. The van der Waals surface area contributed by atoms with E-state index < -0.39 is 0 Å². The van der Waals surface area contributed by atoms with Gasteiger partial charge >= 0.3 is 0 Å². The van der Waals surface area contributed by atoms with E-state index in [2.05, 4.69) is 22.2 Å². The van der Waals surface area contributed by atoms with Crippen molar-refractivity contribution in [3.8, 4) is 39.8 Å². The van der Waals surface area contributed by atoms with Crippen LogP contribution in [-0.2, 0) is 13.6 Å². The van der Waals surface area contributed by atoms with Crippen LogP contribution >= 0.6 is 0 Å². The molecule has 1 aromatic carbocycles. The Kier molecular flexibility index (Phi) is 4.63. The highest BCUT2D eigenvalue weighted by molar-refractivity contribution is 5.91. The quantitative estimate of drug-likeness (QED) is 0.562. The fourth-order valence-corrected chi connectivity index (χ4v) is 3.26. The maximum Gasteiger partial charge on any atom is 0.141 e. The standard InChI is InChI=1S/C20H19N3O3/c1-5-6-16-19(14-7-9-15(24)10-8-14)20(17(11-21-25)23(16)4)18-12(2)22-26-13(18)3/h7-10,24H,11H2,1-4H3. The van der Waals surface area contributed by atoms with Gasteiger partial charge in [-0.15, -0.1) is 0 Å². The van der Waals surface area contributed by atoms with E-state index in [1.54, 1.807) is 19.1 Å². The van der Waals surface area contributed by atoms with Gasteiger partial charge in [-0.25, -0.2) is 0 Å². The van der Waals surface area contributed by atoms with E-state index >= 15 is 0 Å². The lowest BCUT2D eigenvalue weighted by molar-refractivity contribution is 0.393. The van der Waals surface area contributed by atoms with Crippen LogP contribution in [0.25, 0.3) is 22.3 Å². The molecule has 132 valence electrons. The molecule has 0 saturated carbocycles. The lowest BCUT2D eigenvalue weighted by atomic mass is 9.93. The smallest absolute Gasteiger partial charge is 0.141 e. The number of phenols is 1. The number of aryl methyl sites for hydroxylation is 2. The minimum Gasteiger partial charge on any atom is -0.508 e. The van der Waals surface area contributed by atoms with E-state index in [-0.39, 0.29) is 12.3 Å². The van der Waals surface area contributed by atoms with Crippen LogP contribution in [0.5, 0.6) is 5.75 Å². The van der Waals surface area contributed by atoms with Crippen LogP contribution in [0.15, 0.2) is 34.0 Å². The van der Waals surface area contributed by atoms with Gasteiger partial charge in [0.25, 0.3) is 0 Å². The summed E-state index contributed by atoms with van der Waals surface area (Å²) in [6.07, 6.45) is 0. The summed E-state index contributed by atoms with van der Waals surface area (Å²) in [6, 6.07) is 6.90. The molecule has 0 bridgehead atoms. The summed E-state index contributed by atoms with van der Waals surface area (Å²) in [6.45, 7) is 5.47. The molecule has 26 heavy (non-hydrogen) atoms. The van der Waals surface area contributed by atoms with Crippen molar-refractivity contribution in [3.05, 3.63) is 52.0 Å². The zero-order valence-electron chi connectivity index (χ0n) is 15.1. The summed E-state index contributed by atoms with van der Waals surface area (Å²) in [4.78, 5) is 11.1. The highest BCUT2D eigenvalue weighted by atomic mass is 16.5. The molecule has 6 nitrogen and oxygen atoms in total. The van der Waals surface area contributed by atoms with E-state index in [4.69, 9.17) is 4.52 Å². The Labute approximate surface area is 151 Å². The summed E-state index contributed by atoms with van der Waals surface area (Å²) in [7, 11) is 1.87. The first-order chi connectivity index (χ1) is 12.5. The normalized spacial score (nSPS) is 10.5. The predicted octanol–water partition coefficient (Wildman–Crippen LogP) is 4.31. The largest absolute Gasteiger partial charge is 0.508 e. The fraction of sp³-hybridized carbons (Fsp3) is 0.250. The maximum absolute atomic E-state index is 11.1. The minimum atomic E-state index is 0.00632. The van der Waals surface area contributed by atoms with Crippen LogP contribution in [-0.4, -0.2) is 14.8 Å². The van der Waals surface area contributed by atoms with Gasteiger partial charge in [-0.3, -0.25) is 0 Å². The molecule has 6 heteroatoms. The lowest BCUT2D eigenvalue weighted by Gasteiger charge is -2.07. The second-order valence-corrected chi connectivity index (χ2v) is 6.01. The number of benzene rings is 1. The van der Waals surface area contributed by atoms with Gasteiger partial charge in [-0.05, 0) is 44.4 Å². The third-order valence-corrected chi connectivity index (χ3v) is 4.41. The number of nitrogens with zero attached hydrogens (tertiary/aromatic N) is 3. The predicted molar refractivity (Wildman–Crippen MR) is 99.5 cm³/mol. The van der Waals surface area contributed by atoms with Crippen molar-refractivity contribution in [1.82, 2.24) is 9.72 Å². The molecule has 0 saturated heterocycles. The molecule has 3 aromatic rings. The third-order valence-electron chi connectivity index (χ3n) is 4.41. The van der Waals surface area contributed by atoms with Crippen molar-refractivity contribution >= 4 is 0 Å². The SMILES string of the molecule is CC#Cc1c(-c2ccc(O)cc2)c(-c2c(C)noc2C)c(CN=O)n1C. The highest BCUT2D eigenvalue weighted by Gasteiger charge is 2.27. The molecule has 2 aromatic heterocycles. The van der Waals surface area contributed by atoms with E-state index in [0.717, 1.165) is 39.3 Å². The maximum atomic E-state index is 11.1. The van der Waals surface area contributed by atoms with Gasteiger partial charge in [-0.1, -0.05) is 28.4 Å². The summed E-state index contributed by atoms with van der Waals surface area (Å²) in [5, 5.41) is 16.8. The summed E-state index contributed by atoms with van der Waals surface area (Å²) in [5.41, 5.74) is 5.68. The number of aromatic hydroxyl groups is 1. The summed E-state index contributed by atoms with van der Waals surface area (Å²) >= 11 is 0. The number of hydrogen-bond acceptors (Lipinski definition) is 5. The van der Waals surface area contributed by atoms with Crippen LogP contribution in [0.2, 0.25) is 0 Å². The first-order valence-electron chi connectivity index (χ1n) is 8.15. The lowest BCUT2D eigenvalue weighted by Crippen LogP contribution is -1.99. The molecule has 0 aliphatic rings. The average molecular weight is 349 g/mol. The Balaban J connectivity index is 2.46. The zero-order valence-corrected chi connectivity index (χ0v) is 15.1. The van der Waals surface area contributed by atoms with Gasteiger partial charge < -0.3 is 14.2 Å². The van der Waals surface area contributed by atoms with Crippen LogP contribution in [0.1, 0.15) is 29.8 Å². The van der Waals surface area contributed by atoms with Gasteiger partial charge in [0.05, 0.1) is 11.4 Å². The van der Waals surface area contributed by atoms with Crippen molar-refractivity contribution in [2.75, 3.05) is 0 Å². The van der Waals surface area contributed by atoms with Gasteiger partial charge in [0, 0.05) is 23.7 Å². The molecule has 0 amide bonds. The van der Waals surface area contributed by atoms with Gasteiger partial charge in [0.1, 0.15) is 23.7 Å². The zero-order chi connectivity index (χ0) is 18.8. The van der Waals surface area contributed by atoms with Gasteiger partial charge in [-0.2, -0.15) is 4.91 Å².